The van der Waals surface area contributed by atoms with E-state index in [4.69, 9.17) is 34.7 Å². The Labute approximate surface area is 180 Å². The van der Waals surface area contributed by atoms with Crippen LogP contribution in [0.25, 0.3) is 22.3 Å². The third-order valence-electron chi connectivity index (χ3n) is 4.18. The maximum Gasteiger partial charge on any atom is 0.0406 e. The predicted molar refractivity (Wildman–Crippen MR) is 126 cm³/mol. The zero-order valence-corrected chi connectivity index (χ0v) is 17.2. The Morgan fingerprint density at radius 1 is 0.379 bits per heavy atom. The molecule has 0 heterocycles. The maximum atomic E-state index is 5.80. The summed E-state index contributed by atoms with van der Waals surface area (Å²) in [4.78, 5) is 0. The number of hydrogen-bond acceptors (Lipinski definition) is 2. The van der Waals surface area contributed by atoms with Crippen molar-refractivity contribution >= 4 is 34.6 Å². The Kier molecular flexibility index (Phi) is 8.10. The second-order valence-corrected chi connectivity index (χ2v) is 7.13. The number of hydrogen-bond donors (Lipinski definition) is 2. The molecule has 4 aromatic carbocycles. The Hall–Kier alpha value is -2.98. The summed E-state index contributed by atoms with van der Waals surface area (Å²) in [6, 6.07) is 31.1. The van der Waals surface area contributed by atoms with E-state index < -0.39 is 0 Å². The molecule has 6 N–H and O–H groups in total. The summed E-state index contributed by atoms with van der Waals surface area (Å²) in [6.07, 6.45) is 0. The highest BCUT2D eigenvalue weighted by atomic mass is 35.5. The summed E-state index contributed by atoms with van der Waals surface area (Å²) >= 11 is 11.6. The van der Waals surface area contributed by atoms with Crippen molar-refractivity contribution in [1.82, 2.24) is 0 Å². The summed E-state index contributed by atoms with van der Waals surface area (Å²) in [5.41, 5.74) is 17.4. The molecule has 0 unspecified atom stereocenters. The van der Waals surface area contributed by atoms with E-state index in [9.17, 15) is 0 Å². The first-order valence-electron chi connectivity index (χ1n) is 8.74. The molecular weight excluding hydrogens is 403 g/mol. The van der Waals surface area contributed by atoms with Crippen LogP contribution in [0.4, 0.5) is 11.4 Å². The van der Waals surface area contributed by atoms with Gasteiger partial charge in [0.25, 0.3) is 0 Å². The van der Waals surface area contributed by atoms with Gasteiger partial charge >= 0.3 is 0 Å². The van der Waals surface area contributed by atoms with E-state index in [0.29, 0.717) is 0 Å². The van der Waals surface area contributed by atoms with Gasteiger partial charge in [-0.25, -0.2) is 0 Å². The van der Waals surface area contributed by atoms with Gasteiger partial charge in [0.15, 0.2) is 0 Å². The molecule has 0 saturated carbocycles. The first-order valence-corrected chi connectivity index (χ1v) is 9.50. The van der Waals surface area contributed by atoms with Gasteiger partial charge in [0.05, 0.1) is 0 Å². The van der Waals surface area contributed by atoms with Gasteiger partial charge in [-0.05, 0) is 70.8 Å². The molecule has 0 amide bonds. The fraction of sp³-hybridized carbons (Fsp3) is 0. The minimum absolute atomic E-state index is 0. The van der Waals surface area contributed by atoms with E-state index >= 15 is 0 Å². The van der Waals surface area contributed by atoms with Crippen LogP contribution in [-0.2, 0) is 0 Å². The van der Waals surface area contributed by atoms with Crippen molar-refractivity contribution in [1.29, 1.82) is 0 Å². The molecule has 29 heavy (non-hydrogen) atoms. The van der Waals surface area contributed by atoms with E-state index in [1.165, 1.54) is 0 Å². The zero-order chi connectivity index (χ0) is 19.9. The third-order valence-corrected chi connectivity index (χ3v) is 4.68. The average molecular weight is 425 g/mol. The van der Waals surface area contributed by atoms with Crippen molar-refractivity contribution in [3.05, 3.63) is 107 Å². The molecule has 0 aliphatic heterocycles. The lowest BCUT2D eigenvalue weighted by atomic mass is 10.1. The SMILES string of the molecule is Nc1ccc(-c2ccc(Cl)cc2)cc1.Nc1ccc(-c2ccc(Cl)cc2)cc1.O. The zero-order valence-electron chi connectivity index (χ0n) is 15.6. The highest BCUT2D eigenvalue weighted by Crippen LogP contribution is 2.23. The van der Waals surface area contributed by atoms with Crippen LogP contribution in [0, 0.1) is 0 Å². The van der Waals surface area contributed by atoms with Gasteiger partial charge in [0.2, 0.25) is 0 Å². The van der Waals surface area contributed by atoms with Gasteiger partial charge in [-0.3, -0.25) is 0 Å². The van der Waals surface area contributed by atoms with E-state index in [1.54, 1.807) is 0 Å². The standard InChI is InChI=1S/2C12H10ClN.H2O/c2*13-11-5-1-9(2-6-11)10-3-7-12(14)8-4-10;/h2*1-8H,14H2;1H2. The Morgan fingerprint density at radius 3 is 0.828 bits per heavy atom. The van der Waals surface area contributed by atoms with E-state index in [2.05, 4.69) is 0 Å². The van der Waals surface area contributed by atoms with Crippen LogP contribution < -0.4 is 11.5 Å². The van der Waals surface area contributed by atoms with Crippen molar-refractivity contribution in [3.63, 3.8) is 0 Å². The number of halogens is 2. The lowest BCUT2D eigenvalue weighted by Crippen LogP contribution is -1.83. The summed E-state index contributed by atoms with van der Waals surface area (Å²) in [6.45, 7) is 0. The first kappa shape index (κ1) is 22.3. The topological polar surface area (TPSA) is 83.5 Å². The predicted octanol–water partition coefficient (Wildman–Crippen LogP) is 6.35. The molecule has 5 heteroatoms. The molecule has 0 aliphatic carbocycles. The van der Waals surface area contributed by atoms with Crippen LogP contribution in [0.1, 0.15) is 0 Å². The van der Waals surface area contributed by atoms with Crippen LogP contribution in [-0.4, -0.2) is 5.48 Å². The molecule has 148 valence electrons. The first-order chi connectivity index (χ1) is 13.5. The van der Waals surface area contributed by atoms with Crippen LogP contribution in [0.15, 0.2) is 97.1 Å². The molecule has 4 aromatic rings. The van der Waals surface area contributed by atoms with Gasteiger partial charge in [-0.1, -0.05) is 71.7 Å². The molecule has 0 saturated heterocycles. The molecule has 0 fully saturated rings. The normalized spacial score (nSPS) is 9.72. The number of anilines is 2. The molecule has 0 spiro atoms. The molecule has 0 aromatic heterocycles. The second-order valence-electron chi connectivity index (χ2n) is 6.26. The van der Waals surface area contributed by atoms with E-state index in [-0.39, 0.29) is 5.48 Å². The summed E-state index contributed by atoms with van der Waals surface area (Å²) in [5, 5.41) is 1.51. The molecule has 0 atom stereocenters. The van der Waals surface area contributed by atoms with Crippen molar-refractivity contribution in [2.24, 2.45) is 0 Å². The number of nitrogen functional groups attached to an aromatic ring is 2. The smallest absolute Gasteiger partial charge is 0.0406 e. The van der Waals surface area contributed by atoms with Crippen molar-refractivity contribution in [2.75, 3.05) is 11.5 Å². The van der Waals surface area contributed by atoms with Crippen LogP contribution in [0.5, 0.6) is 0 Å². The lowest BCUT2D eigenvalue weighted by molar-refractivity contribution is 0.824. The maximum absolute atomic E-state index is 5.80. The van der Waals surface area contributed by atoms with Crippen molar-refractivity contribution in [3.8, 4) is 22.3 Å². The monoisotopic (exact) mass is 424 g/mol. The highest BCUT2D eigenvalue weighted by Gasteiger charge is 1.97. The largest absolute Gasteiger partial charge is 0.412 e. The number of benzene rings is 4. The Bertz CT molecular complexity index is 840. The lowest BCUT2D eigenvalue weighted by Gasteiger charge is -2.01. The Morgan fingerprint density at radius 2 is 0.586 bits per heavy atom. The van der Waals surface area contributed by atoms with Crippen molar-refractivity contribution in [2.45, 2.75) is 0 Å². The van der Waals surface area contributed by atoms with Crippen LogP contribution in [0.3, 0.4) is 0 Å². The summed E-state index contributed by atoms with van der Waals surface area (Å²) < 4.78 is 0. The number of rotatable bonds is 2. The molecule has 0 bridgehead atoms. The van der Waals surface area contributed by atoms with Gasteiger partial charge < -0.3 is 16.9 Å². The minimum Gasteiger partial charge on any atom is -0.412 e. The molecular formula is C24H22Cl2N2O. The van der Waals surface area contributed by atoms with Gasteiger partial charge in [0.1, 0.15) is 0 Å². The Balaban J connectivity index is 0.000000200. The fourth-order valence-electron chi connectivity index (χ4n) is 2.64. The molecule has 3 nitrogen and oxygen atoms in total. The van der Waals surface area contributed by atoms with E-state index in [1.807, 2.05) is 97.1 Å². The van der Waals surface area contributed by atoms with Crippen LogP contribution in [0.2, 0.25) is 10.0 Å². The third kappa shape index (κ3) is 6.54. The molecule has 4 rings (SSSR count). The summed E-state index contributed by atoms with van der Waals surface area (Å²) in [7, 11) is 0. The molecule has 0 aliphatic rings. The van der Waals surface area contributed by atoms with Crippen molar-refractivity contribution < 1.29 is 5.48 Å². The van der Waals surface area contributed by atoms with E-state index in [0.717, 1.165) is 43.7 Å². The van der Waals surface area contributed by atoms with Gasteiger partial charge in [-0.15, -0.1) is 0 Å². The second kappa shape index (κ2) is 10.5. The number of nitrogens with two attached hydrogens (primary N) is 2. The van der Waals surface area contributed by atoms with Crippen LogP contribution >= 0.6 is 23.2 Å². The highest BCUT2D eigenvalue weighted by molar-refractivity contribution is 6.30. The molecule has 0 radical (unpaired) electrons. The quantitative estimate of drug-likeness (QED) is 0.367. The minimum atomic E-state index is 0. The fourth-order valence-corrected chi connectivity index (χ4v) is 2.89. The summed E-state index contributed by atoms with van der Waals surface area (Å²) in [5.74, 6) is 0. The average Bonchev–Trinajstić information content (AvgIpc) is 2.71. The van der Waals surface area contributed by atoms with Gasteiger partial charge in [-0.2, -0.15) is 0 Å². The van der Waals surface area contributed by atoms with Gasteiger partial charge in [0, 0.05) is 21.4 Å².